The topological polar surface area (TPSA) is 81.2 Å². The molecule has 28 heavy (non-hydrogen) atoms. The first-order valence-electron chi connectivity index (χ1n) is 8.74. The zero-order valence-electron chi connectivity index (χ0n) is 16.1. The minimum atomic E-state index is -0.657. The second kappa shape index (κ2) is 7.90. The standard InChI is InChI=1S/C21H21N3O3S/c1-13-5-7-14(8-6-13)18-17(20(26)27-21(2,3)4)16(12-28-18)24-19(25)15-11-22-9-10-23-15/h5-12H,1-4H3,(H,24,25). The molecule has 6 nitrogen and oxygen atoms in total. The van der Waals surface area contributed by atoms with E-state index in [1.807, 2.05) is 31.2 Å². The SMILES string of the molecule is Cc1ccc(-c2scc(NC(=O)c3cnccn3)c2C(=O)OC(C)(C)C)cc1. The van der Waals surface area contributed by atoms with Gasteiger partial charge in [0.15, 0.2) is 0 Å². The molecule has 0 aliphatic carbocycles. The van der Waals surface area contributed by atoms with E-state index in [-0.39, 0.29) is 5.69 Å². The molecule has 0 spiro atoms. The van der Waals surface area contributed by atoms with Gasteiger partial charge in [0.25, 0.3) is 5.91 Å². The van der Waals surface area contributed by atoms with Crippen LogP contribution in [-0.4, -0.2) is 27.4 Å². The molecule has 1 aromatic carbocycles. The summed E-state index contributed by atoms with van der Waals surface area (Å²) in [4.78, 5) is 34.1. The van der Waals surface area contributed by atoms with E-state index in [9.17, 15) is 9.59 Å². The molecule has 0 unspecified atom stereocenters. The lowest BCUT2D eigenvalue weighted by atomic mass is 10.1. The maximum atomic E-state index is 12.9. The number of nitrogens with one attached hydrogen (secondary N) is 1. The van der Waals surface area contributed by atoms with Gasteiger partial charge in [-0.05, 0) is 33.3 Å². The normalized spacial score (nSPS) is 11.1. The maximum Gasteiger partial charge on any atom is 0.342 e. The predicted molar refractivity (Wildman–Crippen MR) is 110 cm³/mol. The quantitative estimate of drug-likeness (QED) is 0.647. The Kier molecular flexibility index (Phi) is 5.56. The number of benzene rings is 1. The lowest BCUT2D eigenvalue weighted by molar-refractivity contribution is 0.00722. The van der Waals surface area contributed by atoms with E-state index in [1.54, 1.807) is 26.2 Å². The van der Waals surface area contributed by atoms with Crippen molar-refractivity contribution in [2.75, 3.05) is 5.32 Å². The number of aryl methyl sites for hydroxylation is 1. The number of aromatic nitrogens is 2. The molecule has 0 aliphatic heterocycles. The Hall–Kier alpha value is -3.06. The van der Waals surface area contributed by atoms with Gasteiger partial charge in [0.05, 0.1) is 16.8 Å². The summed E-state index contributed by atoms with van der Waals surface area (Å²) in [5, 5.41) is 4.50. The summed E-state index contributed by atoms with van der Waals surface area (Å²) in [6, 6.07) is 7.85. The van der Waals surface area contributed by atoms with Crippen LogP contribution < -0.4 is 5.32 Å². The fourth-order valence-electron chi connectivity index (χ4n) is 2.50. The van der Waals surface area contributed by atoms with Crippen LogP contribution in [0.4, 0.5) is 5.69 Å². The van der Waals surface area contributed by atoms with E-state index in [1.165, 1.54) is 29.9 Å². The number of carbonyl (C=O) groups excluding carboxylic acids is 2. The van der Waals surface area contributed by atoms with Gasteiger partial charge in [0, 0.05) is 17.8 Å². The van der Waals surface area contributed by atoms with Crippen LogP contribution in [0, 0.1) is 6.92 Å². The Morgan fingerprint density at radius 3 is 2.43 bits per heavy atom. The minimum Gasteiger partial charge on any atom is -0.456 e. The Balaban J connectivity index is 2.01. The molecule has 1 N–H and O–H groups in total. The van der Waals surface area contributed by atoms with Crippen molar-refractivity contribution in [3.05, 3.63) is 65.1 Å². The molecule has 0 radical (unpaired) electrons. The van der Waals surface area contributed by atoms with Gasteiger partial charge in [0.2, 0.25) is 0 Å². The van der Waals surface area contributed by atoms with E-state index in [4.69, 9.17) is 4.74 Å². The van der Waals surface area contributed by atoms with Crippen molar-refractivity contribution in [3.63, 3.8) is 0 Å². The first-order chi connectivity index (χ1) is 13.2. The molecule has 7 heteroatoms. The summed E-state index contributed by atoms with van der Waals surface area (Å²) in [5.41, 5.74) is 2.24. The molecule has 0 fully saturated rings. The Morgan fingerprint density at radius 2 is 1.82 bits per heavy atom. The van der Waals surface area contributed by atoms with E-state index < -0.39 is 17.5 Å². The van der Waals surface area contributed by atoms with Crippen molar-refractivity contribution >= 4 is 28.9 Å². The van der Waals surface area contributed by atoms with Crippen LogP contribution in [0.5, 0.6) is 0 Å². The van der Waals surface area contributed by atoms with E-state index >= 15 is 0 Å². The summed E-state index contributed by atoms with van der Waals surface area (Å²) in [6.45, 7) is 7.42. The van der Waals surface area contributed by atoms with Gasteiger partial charge in [-0.25, -0.2) is 9.78 Å². The summed E-state index contributed by atoms with van der Waals surface area (Å²) in [6.07, 6.45) is 4.30. The average Bonchev–Trinajstić information content (AvgIpc) is 3.05. The van der Waals surface area contributed by atoms with Gasteiger partial charge in [-0.1, -0.05) is 29.8 Å². The number of hydrogen-bond acceptors (Lipinski definition) is 6. The van der Waals surface area contributed by atoms with Crippen molar-refractivity contribution in [3.8, 4) is 10.4 Å². The Morgan fingerprint density at radius 1 is 1.11 bits per heavy atom. The van der Waals surface area contributed by atoms with Gasteiger partial charge in [-0.3, -0.25) is 9.78 Å². The van der Waals surface area contributed by atoms with Crippen molar-refractivity contribution in [1.29, 1.82) is 0 Å². The molecule has 0 saturated heterocycles. The number of ether oxygens (including phenoxy) is 1. The molecule has 3 rings (SSSR count). The molecule has 0 bridgehead atoms. The highest BCUT2D eigenvalue weighted by Gasteiger charge is 2.27. The van der Waals surface area contributed by atoms with Crippen LogP contribution in [0.15, 0.2) is 48.2 Å². The van der Waals surface area contributed by atoms with E-state index in [0.717, 1.165) is 16.0 Å². The molecule has 2 aromatic heterocycles. The first-order valence-corrected chi connectivity index (χ1v) is 9.62. The van der Waals surface area contributed by atoms with Crippen molar-refractivity contribution in [1.82, 2.24) is 9.97 Å². The second-order valence-corrected chi connectivity index (χ2v) is 8.15. The minimum absolute atomic E-state index is 0.167. The van der Waals surface area contributed by atoms with Gasteiger partial charge in [-0.2, -0.15) is 0 Å². The van der Waals surface area contributed by atoms with E-state index in [2.05, 4.69) is 15.3 Å². The monoisotopic (exact) mass is 395 g/mol. The maximum absolute atomic E-state index is 12.9. The van der Waals surface area contributed by atoms with Gasteiger partial charge >= 0.3 is 5.97 Å². The van der Waals surface area contributed by atoms with Crippen molar-refractivity contribution in [2.24, 2.45) is 0 Å². The fraction of sp³-hybridized carbons (Fsp3) is 0.238. The van der Waals surface area contributed by atoms with Crippen molar-refractivity contribution in [2.45, 2.75) is 33.3 Å². The molecule has 0 aliphatic rings. The third kappa shape index (κ3) is 4.61. The van der Waals surface area contributed by atoms with E-state index in [0.29, 0.717) is 11.3 Å². The third-order valence-corrected chi connectivity index (χ3v) is 4.78. The number of rotatable bonds is 4. The van der Waals surface area contributed by atoms with Crippen LogP contribution in [0.2, 0.25) is 0 Å². The smallest absolute Gasteiger partial charge is 0.342 e. The van der Waals surface area contributed by atoms with Crippen LogP contribution in [-0.2, 0) is 4.74 Å². The highest BCUT2D eigenvalue weighted by molar-refractivity contribution is 7.14. The summed E-state index contributed by atoms with van der Waals surface area (Å²) in [7, 11) is 0. The number of thiophene rings is 1. The summed E-state index contributed by atoms with van der Waals surface area (Å²) in [5.74, 6) is -0.926. The summed E-state index contributed by atoms with van der Waals surface area (Å²) < 4.78 is 5.58. The molecule has 2 heterocycles. The van der Waals surface area contributed by atoms with Crippen LogP contribution >= 0.6 is 11.3 Å². The number of esters is 1. The third-order valence-electron chi connectivity index (χ3n) is 3.75. The Labute approximate surface area is 167 Å². The predicted octanol–water partition coefficient (Wildman–Crippen LogP) is 4.72. The molecule has 0 atom stereocenters. The first kappa shape index (κ1) is 19.7. The lowest BCUT2D eigenvalue weighted by Gasteiger charge is -2.20. The van der Waals surface area contributed by atoms with Crippen LogP contribution in [0.1, 0.15) is 47.2 Å². The zero-order valence-corrected chi connectivity index (χ0v) is 17.0. The number of amides is 1. The fourth-order valence-corrected chi connectivity index (χ4v) is 3.50. The zero-order chi connectivity index (χ0) is 20.3. The van der Waals surface area contributed by atoms with Gasteiger partial charge < -0.3 is 10.1 Å². The number of carbonyl (C=O) groups is 2. The van der Waals surface area contributed by atoms with Gasteiger partial charge in [0.1, 0.15) is 16.9 Å². The number of hydrogen-bond donors (Lipinski definition) is 1. The average molecular weight is 395 g/mol. The molecule has 3 aromatic rings. The molecule has 0 saturated carbocycles. The second-order valence-electron chi connectivity index (χ2n) is 7.27. The largest absolute Gasteiger partial charge is 0.456 e. The highest BCUT2D eigenvalue weighted by Crippen LogP contribution is 2.37. The van der Waals surface area contributed by atoms with Crippen LogP contribution in [0.25, 0.3) is 10.4 Å². The number of anilines is 1. The molecular weight excluding hydrogens is 374 g/mol. The molecule has 1 amide bonds. The highest BCUT2D eigenvalue weighted by atomic mass is 32.1. The molecule has 144 valence electrons. The van der Waals surface area contributed by atoms with Crippen LogP contribution in [0.3, 0.4) is 0 Å². The van der Waals surface area contributed by atoms with Gasteiger partial charge in [-0.15, -0.1) is 11.3 Å². The molecular formula is C21H21N3O3S. The van der Waals surface area contributed by atoms with Crippen molar-refractivity contribution < 1.29 is 14.3 Å². The lowest BCUT2D eigenvalue weighted by Crippen LogP contribution is -2.25. The summed E-state index contributed by atoms with van der Waals surface area (Å²) >= 11 is 1.38. The number of nitrogens with zero attached hydrogens (tertiary/aromatic N) is 2. The Bertz CT molecular complexity index is 990.